The van der Waals surface area contributed by atoms with Crippen LogP contribution < -0.4 is 14.9 Å². The zero-order chi connectivity index (χ0) is 23.8. The lowest BCUT2D eigenvalue weighted by Gasteiger charge is -2.18. The molecule has 0 atom stereocenters. The van der Waals surface area contributed by atoms with E-state index in [1.807, 2.05) is 59.4 Å². The number of hydrogen-bond acceptors (Lipinski definition) is 8. The third-order valence-corrected chi connectivity index (χ3v) is 7.03. The summed E-state index contributed by atoms with van der Waals surface area (Å²) in [6, 6.07) is 15.9. The Bertz CT molecular complexity index is 1560. The number of anilines is 1. The number of benzene rings is 2. The SMILES string of the molecule is Cc1sc2ncnc(N/N=C/c3cn(-c4ccccc4)nc3-c3ccc4c(c3)OCCO4)c2c1C. The molecule has 0 amide bonds. The number of aromatic nitrogens is 4. The van der Waals surface area contributed by atoms with Crippen molar-refractivity contribution in [1.82, 2.24) is 19.7 Å². The summed E-state index contributed by atoms with van der Waals surface area (Å²) in [4.78, 5) is 11.0. The fourth-order valence-electron chi connectivity index (χ4n) is 4.04. The second-order valence-corrected chi connectivity index (χ2v) is 9.33. The molecule has 1 N–H and O–H groups in total. The van der Waals surface area contributed by atoms with Gasteiger partial charge in [-0.1, -0.05) is 18.2 Å². The molecule has 0 saturated heterocycles. The molecule has 35 heavy (non-hydrogen) atoms. The molecule has 4 heterocycles. The van der Waals surface area contributed by atoms with Gasteiger partial charge in [-0.3, -0.25) is 5.43 Å². The van der Waals surface area contributed by atoms with Crippen LogP contribution >= 0.6 is 11.3 Å². The second kappa shape index (κ2) is 8.84. The molecule has 0 spiro atoms. The van der Waals surface area contributed by atoms with Crippen molar-refractivity contribution >= 4 is 33.6 Å². The first-order chi connectivity index (χ1) is 17.2. The van der Waals surface area contributed by atoms with Gasteiger partial charge in [0.25, 0.3) is 0 Å². The Morgan fingerprint density at radius 3 is 2.71 bits per heavy atom. The first-order valence-corrected chi connectivity index (χ1v) is 12.0. The molecule has 0 aliphatic carbocycles. The maximum Gasteiger partial charge on any atom is 0.162 e. The van der Waals surface area contributed by atoms with Gasteiger partial charge in [-0.05, 0) is 49.7 Å². The zero-order valence-corrected chi connectivity index (χ0v) is 20.0. The first-order valence-electron chi connectivity index (χ1n) is 11.2. The summed E-state index contributed by atoms with van der Waals surface area (Å²) in [7, 11) is 0. The van der Waals surface area contributed by atoms with Crippen LogP contribution in [-0.2, 0) is 0 Å². The predicted molar refractivity (Wildman–Crippen MR) is 138 cm³/mol. The molecule has 0 unspecified atom stereocenters. The molecule has 5 aromatic rings. The molecule has 6 rings (SSSR count). The molecule has 0 radical (unpaired) electrons. The van der Waals surface area contributed by atoms with E-state index >= 15 is 0 Å². The van der Waals surface area contributed by atoms with Gasteiger partial charge in [0.15, 0.2) is 17.3 Å². The molecule has 8 nitrogen and oxygen atoms in total. The van der Waals surface area contributed by atoms with E-state index in [1.54, 1.807) is 23.9 Å². The summed E-state index contributed by atoms with van der Waals surface area (Å²) in [5.74, 6) is 2.15. The first kappa shape index (κ1) is 21.3. The molecule has 1 aliphatic rings. The zero-order valence-electron chi connectivity index (χ0n) is 19.2. The van der Waals surface area contributed by atoms with E-state index in [0.717, 1.165) is 49.8 Å². The van der Waals surface area contributed by atoms with Crippen LogP contribution in [0.2, 0.25) is 0 Å². The highest BCUT2D eigenvalue weighted by Gasteiger charge is 2.17. The third-order valence-electron chi connectivity index (χ3n) is 5.92. The van der Waals surface area contributed by atoms with Crippen molar-refractivity contribution in [2.75, 3.05) is 18.6 Å². The summed E-state index contributed by atoms with van der Waals surface area (Å²) in [5, 5.41) is 10.4. The highest BCUT2D eigenvalue weighted by atomic mass is 32.1. The number of para-hydroxylation sites is 1. The van der Waals surface area contributed by atoms with Crippen LogP contribution in [0.4, 0.5) is 5.82 Å². The van der Waals surface area contributed by atoms with Gasteiger partial charge in [-0.25, -0.2) is 14.6 Å². The fourth-order valence-corrected chi connectivity index (χ4v) is 5.04. The van der Waals surface area contributed by atoms with Crippen molar-refractivity contribution < 1.29 is 9.47 Å². The number of hydrogen-bond donors (Lipinski definition) is 1. The average Bonchev–Trinajstić information content (AvgIpc) is 3.45. The lowest BCUT2D eigenvalue weighted by atomic mass is 10.1. The molecule has 0 fully saturated rings. The standard InChI is InChI=1S/C26H22N6O2S/c1-16-17(2)35-26-23(16)25(27-15-28-26)30-29-13-19-14-32(20-6-4-3-5-7-20)31-24(19)18-8-9-21-22(12-18)34-11-10-33-21/h3-9,12-15H,10-11H2,1-2H3,(H,27,28,30)/b29-13+. The molecule has 174 valence electrons. The van der Waals surface area contributed by atoms with Crippen LogP contribution in [0.3, 0.4) is 0 Å². The molecule has 3 aromatic heterocycles. The topological polar surface area (TPSA) is 86.5 Å². The summed E-state index contributed by atoms with van der Waals surface area (Å²) >= 11 is 1.66. The van der Waals surface area contributed by atoms with Crippen LogP contribution in [-0.4, -0.2) is 39.2 Å². The number of nitrogens with one attached hydrogen (secondary N) is 1. The van der Waals surface area contributed by atoms with Gasteiger partial charge in [0.05, 0.1) is 17.3 Å². The van der Waals surface area contributed by atoms with Crippen LogP contribution in [0.1, 0.15) is 16.0 Å². The Morgan fingerprint density at radius 2 is 1.86 bits per heavy atom. The van der Waals surface area contributed by atoms with Crippen LogP contribution in [0.25, 0.3) is 27.2 Å². The van der Waals surface area contributed by atoms with Gasteiger partial charge in [-0.15, -0.1) is 11.3 Å². The van der Waals surface area contributed by atoms with Crippen LogP contribution in [0.15, 0.2) is 66.2 Å². The highest BCUT2D eigenvalue weighted by molar-refractivity contribution is 7.18. The minimum atomic E-state index is 0.530. The number of ether oxygens (including phenoxy) is 2. The Kier molecular flexibility index (Phi) is 5.38. The minimum absolute atomic E-state index is 0.530. The number of rotatable bonds is 5. The minimum Gasteiger partial charge on any atom is -0.486 e. The second-order valence-electron chi connectivity index (χ2n) is 8.13. The molecular formula is C26H22N6O2S. The van der Waals surface area contributed by atoms with Crippen molar-refractivity contribution in [2.45, 2.75) is 13.8 Å². The van der Waals surface area contributed by atoms with Gasteiger partial charge in [-0.2, -0.15) is 10.2 Å². The lowest BCUT2D eigenvalue weighted by Crippen LogP contribution is -2.15. The van der Waals surface area contributed by atoms with Crippen molar-refractivity contribution in [1.29, 1.82) is 0 Å². The Balaban J connectivity index is 1.38. The van der Waals surface area contributed by atoms with E-state index in [0.29, 0.717) is 19.0 Å². The maximum absolute atomic E-state index is 5.79. The van der Waals surface area contributed by atoms with Crippen molar-refractivity contribution in [3.05, 3.63) is 77.1 Å². The molecule has 9 heteroatoms. The normalized spacial score (nSPS) is 13.0. The number of aryl methyl sites for hydroxylation is 2. The molecular weight excluding hydrogens is 460 g/mol. The molecule has 1 aliphatic heterocycles. The Hall–Kier alpha value is -4.24. The van der Waals surface area contributed by atoms with Gasteiger partial charge in [0, 0.05) is 22.2 Å². The number of hydrazone groups is 1. The van der Waals surface area contributed by atoms with E-state index < -0.39 is 0 Å². The highest BCUT2D eigenvalue weighted by Crippen LogP contribution is 2.35. The monoisotopic (exact) mass is 482 g/mol. The quantitative estimate of drug-likeness (QED) is 0.267. The summed E-state index contributed by atoms with van der Waals surface area (Å²) in [6.07, 6.45) is 5.28. The van der Waals surface area contributed by atoms with Gasteiger partial charge >= 0.3 is 0 Å². The maximum atomic E-state index is 5.79. The lowest BCUT2D eigenvalue weighted by molar-refractivity contribution is 0.171. The largest absolute Gasteiger partial charge is 0.486 e. The number of thiophene rings is 1. The van der Waals surface area contributed by atoms with Gasteiger partial charge < -0.3 is 9.47 Å². The van der Waals surface area contributed by atoms with Crippen LogP contribution in [0, 0.1) is 13.8 Å². The van der Waals surface area contributed by atoms with E-state index in [9.17, 15) is 0 Å². The van der Waals surface area contributed by atoms with E-state index in [1.165, 1.54) is 4.88 Å². The Labute approximate surface area is 205 Å². The number of fused-ring (bicyclic) bond motifs is 2. The smallest absolute Gasteiger partial charge is 0.162 e. The summed E-state index contributed by atoms with van der Waals surface area (Å²) in [5.41, 5.74) is 7.78. The molecule has 0 saturated carbocycles. The van der Waals surface area contributed by atoms with Gasteiger partial charge in [0.1, 0.15) is 30.1 Å². The summed E-state index contributed by atoms with van der Waals surface area (Å²) < 4.78 is 13.3. The third kappa shape index (κ3) is 4.00. The van der Waals surface area contributed by atoms with E-state index in [4.69, 9.17) is 14.6 Å². The van der Waals surface area contributed by atoms with E-state index in [2.05, 4.69) is 34.3 Å². The van der Waals surface area contributed by atoms with Crippen LogP contribution in [0.5, 0.6) is 11.5 Å². The fraction of sp³-hybridized carbons (Fsp3) is 0.154. The molecule has 2 aromatic carbocycles. The summed E-state index contributed by atoms with van der Waals surface area (Å²) in [6.45, 7) is 5.25. The van der Waals surface area contributed by atoms with Crippen molar-refractivity contribution in [3.8, 4) is 28.4 Å². The number of nitrogens with zero attached hydrogens (tertiary/aromatic N) is 5. The van der Waals surface area contributed by atoms with Crippen molar-refractivity contribution in [3.63, 3.8) is 0 Å². The van der Waals surface area contributed by atoms with Crippen molar-refractivity contribution in [2.24, 2.45) is 5.10 Å². The van der Waals surface area contributed by atoms with E-state index in [-0.39, 0.29) is 0 Å². The molecule has 0 bridgehead atoms. The van der Waals surface area contributed by atoms with Gasteiger partial charge in [0.2, 0.25) is 0 Å². The predicted octanol–water partition coefficient (Wildman–Crippen LogP) is 5.38. The average molecular weight is 483 g/mol. The Morgan fingerprint density at radius 1 is 1.03 bits per heavy atom.